The molecule has 168 valence electrons. The molecular formula is C22H33N7O2. The molecule has 0 aromatic carbocycles. The second-order valence-electron chi connectivity index (χ2n) is 9.54. The van der Waals surface area contributed by atoms with E-state index in [4.69, 9.17) is 4.74 Å². The SMILES string of the molecule is CC(C)(C)OC(=O)NC1CCC(NCc2nccc(Nc3cc(C4CC4)[nH]n3)n2)CC1. The van der Waals surface area contributed by atoms with Gasteiger partial charge in [-0.05, 0) is 65.4 Å². The molecule has 2 heterocycles. The largest absolute Gasteiger partial charge is 0.444 e. The number of carbonyl (C=O) groups excluding carboxylic acids is 1. The third kappa shape index (κ3) is 6.65. The number of hydrogen-bond acceptors (Lipinski definition) is 7. The van der Waals surface area contributed by atoms with Crippen LogP contribution in [0.1, 0.15) is 76.7 Å². The lowest BCUT2D eigenvalue weighted by molar-refractivity contribution is 0.0489. The van der Waals surface area contributed by atoms with Gasteiger partial charge >= 0.3 is 6.09 Å². The quantitative estimate of drug-likeness (QED) is 0.532. The number of alkyl carbamates (subject to hydrolysis) is 1. The van der Waals surface area contributed by atoms with Crippen molar-refractivity contribution in [1.82, 2.24) is 30.8 Å². The minimum Gasteiger partial charge on any atom is -0.444 e. The molecule has 4 N–H and O–H groups in total. The fourth-order valence-corrected chi connectivity index (χ4v) is 3.84. The van der Waals surface area contributed by atoms with Crippen molar-refractivity contribution >= 4 is 17.7 Å². The van der Waals surface area contributed by atoms with Gasteiger partial charge in [-0.25, -0.2) is 14.8 Å². The van der Waals surface area contributed by atoms with Gasteiger partial charge in [0, 0.05) is 36.0 Å². The molecule has 2 aromatic rings. The minimum atomic E-state index is -0.469. The van der Waals surface area contributed by atoms with E-state index in [-0.39, 0.29) is 12.1 Å². The van der Waals surface area contributed by atoms with Crippen LogP contribution < -0.4 is 16.0 Å². The first-order chi connectivity index (χ1) is 14.8. The smallest absolute Gasteiger partial charge is 0.407 e. The number of nitrogens with one attached hydrogen (secondary N) is 4. The summed E-state index contributed by atoms with van der Waals surface area (Å²) in [6.07, 6.45) is 7.77. The average Bonchev–Trinajstić information content (AvgIpc) is 3.46. The highest BCUT2D eigenvalue weighted by Crippen LogP contribution is 2.39. The molecule has 2 aliphatic rings. The Morgan fingerprint density at radius 2 is 1.87 bits per heavy atom. The van der Waals surface area contributed by atoms with Crippen LogP contribution in [-0.2, 0) is 11.3 Å². The summed E-state index contributed by atoms with van der Waals surface area (Å²) in [4.78, 5) is 20.9. The van der Waals surface area contributed by atoms with E-state index < -0.39 is 5.60 Å². The van der Waals surface area contributed by atoms with Gasteiger partial charge in [0.2, 0.25) is 0 Å². The molecule has 0 radical (unpaired) electrons. The minimum absolute atomic E-state index is 0.172. The van der Waals surface area contributed by atoms with Gasteiger partial charge < -0.3 is 20.7 Å². The van der Waals surface area contributed by atoms with Gasteiger partial charge in [0.1, 0.15) is 17.2 Å². The molecule has 0 saturated heterocycles. The van der Waals surface area contributed by atoms with Gasteiger partial charge in [0.25, 0.3) is 0 Å². The third-order valence-electron chi connectivity index (χ3n) is 5.57. The molecular weight excluding hydrogens is 394 g/mol. The van der Waals surface area contributed by atoms with E-state index in [1.54, 1.807) is 6.20 Å². The van der Waals surface area contributed by atoms with Crippen LogP contribution >= 0.6 is 0 Å². The molecule has 2 aromatic heterocycles. The Kier molecular flexibility index (Phi) is 6.41. The Hall–Kier alpha value is -2.68. The summed E-state index contributed by atoms with van der Waals surface area (Å²) in [6.45, 7) is 6.24. The van der Waals surface area contributed by atoms with Crippen LogP contribution in [0.2, 0.25) is 0 Å². The van der Waals surface area contributed by atoms with Crippen molar-refractivity contribution in [2.75, 3.05) is 5.32 Å². The van der Waals surface area contributed by atoms with Crippen molar-refractivity contribution in [3.05, 3.63) is 29.8 Å². The summed E-state index contributed by atoms with van der Waals surface area (Å²) in [5.41, 5.74) is 0.721. The van der Waals surface area contributed by atoms with E-state index in [1.165, 1.54) is 18.5 Å². The van der Waals surface area contributed by atoms with Gasteiger partial charge in [-0.2, -0.15) is 5.10 Å². The van der Waals surface area contributed by atoms with E-state index in [9.17, 15) is 4.79 Å². The van der Waals surface area contributed by atoms with Crippen molar-refractivity contribution in [3.63, 3.8) is 0 Å². The lowest BCUT2D eigenvalue weighted by atomic mass is 9.91. The fraction of sp³-hybridized carbons (Fsp3) is 0.636. The number of aromatic amines is 1. The first-order valence-corrected chi connectivity index (χ1v) is 11.2. The zero-order valence-corrected chi connectivity index (χ0v) is 18.6. The summed E-state index contributed by atoms with van der Waals surface area (Å²) >= 11 is 0. The monoisotopic (exact) mass is 427 g/mol. The van der Waals surface area contributed by atoms with Gasteiger partial charge in [0.05, 0.1) is 6.54 Å². The van der Waals surface area contributed by atoms with E-state index in [0.29, 0.717) is 18.5 Å². The molecule has 31 heavy (non-hydrogen) atoms. The van der Waals surface area contributed by atoms with Gasteiger partial charge in [-0.3, -0.25) is 5.10 Å². The molecule has 0 bridgehead atoms. The summed E-state index contributed by atoms with van der Waals surface area (Å²) in [7, 11) is 0. The van der Waals surface area contributed by atoms with Crippen LogP contribution in [0.15, 0.2) is 18.3 Å². The van der Waals surface area contributed by atoms with E-state index in [0.717, 1.165) is 43.1 Å². The molecule has 4 rings (SSSR count). The van der Waals surface area contributed by atoms with Gasteiger partial charge in [-0.1, -0.05) is 0 Å². The number of carbonyl (C=O) groups is 1. The summed E-state index contributed by atoms with van der Waals surface area (Å²) in [5.74, 6) is 2.92. The van der Waals surface area contributed by atoms with Crippen LogP contribution in [0.3, 0.4) is 0 Å². The number of H-pyrrole nitrogens is 1. The van der Waals surface area contributed by atoms with Crippen molar-refractivity contribution in [3.8, 4) is 0 Å². The maximum atomic E-state index is 11.9. The predicted molar refractivity (Wildman–Crippen MR) is 118 cm³/mol. The van der Waals surface area contributed by atoms with Crippen LogP contribution in [0, 0.1) is 0 Å². The molecule has 0 atom stereocenters. The molecule has 0 spiro atoms. The Balaban J connectivity index is 1.20. The van der Waals surface area contributed by atoms with Crippen molar-refractivity contribution in [2.24, 2.45) is 0 Å². The number of ether oxygens (including phenoxy) is 1. The number of anilines is 2. The highest BCUT2D eigenvalue weighted by atomic mass is 16.6. The Morgan fingerprint density at radius 3 is 2.58 bits per heavy atom. The first kappa shape index (κ1) is 21.5. The third-order valence-corrected chi connectivity index (χ3v) is 5.57. The normalized spacial score (nSPS) is 21.5. The standard InChI is InChI=1S/C22H33N7O2/c1-22(2,3)31-21(30)25-16-8-6-15(7-9-16)24-13-20-23-11-10-18(27-20)26-19-12-17(28-29-19)14-4-5-14/h10-12,14-16,24H,4-9,13H2,1-3H3,(H,25,30)(H2,23,26,27,28,29). The van der Waals surface area contributed by atoms with E-state index in [2.05, 4.69) is 42.2 Å². The Bertz CT molecular complexity index is 880. The van der Waals surface area contributed by atoms with Crippen LogP contribution in [0.5, 0.6) is 0 Å². The number of nitrogens with zero attached hydrogens (tertiary/aromatic N) is 3. The van der Waals surface area contributed by atoms with Crippen LogP contribution in [-0.4, -0.2) is 43.9 Å². The zero-order chi connectivity index (χ0) is 21.8. The average molecular weight is 428 g/mol. The summed E-state index contributed by atoms with van der Waals surface area (Å²) in [5, 5.41) is 17.2. The number of amides is 1. The number of aromatic nitrogens is 4. The molecule has 9 heteroatoms. The molecule has 9 nitrogen and oxygen atoms in total. The highest BCUT2D eigenvalue weighted by molar-refractivity contribution is 5.68. The number of rotatable bonds is 7. The second kappa shape index (κ2) is 9.21. The highest BCUT2D eigenvalue weighted by Gasteiger charge is 2.26. The zero-order valence-electron chi connectivity index (χ0n) is 18.6. The van der Waals surface area contributed by atoms with Crippen molar-refractivity contribution in [1.29, 1.82) is 0 Å². The molecule has 0 aliphatic heterocycles. The van der Waals surface area contributed by atoms with E-state index in [1.807, 2.05) is 26.8 Å². The molecule has 1 amide bonds. The van der Waals surface area contributed by atoms with Crippen molar-refractivity contribution < 1.29 is 9.53 Å². The Morgan fingerprint density at radius 1 is 1.13 bits per heavy atom. The number of hydrogen-bond donors (Lipinski definition) is 4. The summed E-state index contributed by atoms with van der Waals surface area (Å²) in [6, 6.07) is 4.47. The summed E-state index contributed by atoms with van der Waals surface area (Å²) < 4.78 is 5.35. The maximum absolute atomic E-state index is 11.9. The van der Waals surface area contributed by atoms with E-state index >= 15 is 0 Å². The second-order valence-corrected chi connectivity index (χ2v) is 9.54. The lowest BCUT2D eigenvalue weighted by Gasteiger charge is -2.30. The molecule has 2 aliphatic carbocycles. The molecule has 2 saturated carbocycles. The van der Waals surface area contributed by atoms with Crippen LogP contribution in [0.4, 0.5) is 16.4 Å². The predicted octanol–water partition coefficient (Wildman–Crippen LogP) is 3.75. The van der Waals surface area contributed by atoms with Crippen LogP contribution in [0.25, 0.3) is 0 Å². The van der Waals surface area contributed by atoms with Crippen molar-refractivity contribution in [2.45, 2.75) is 89.4 Å². The molecule has 2 fully saturated rings. The lowest BCUT2D eigenvalue weighted by Crippen LogP contribution is -2.43. The first-order valence-electron chi connectivity index (χ1n) is 11.2. The Labute approximate surface area is 183 Å². The van der Waals surface area contributed by atoms with Gasteiger partial charge in [-0.15, -0.1) is 0 Å². The maximum Gasteiger partial charge on any atom is 0.407 e. The molecule has 0 unspecified atom stereocenters. The topological polar surface area (TPSA) is 117 Å². The van der Waals surface area contributed by atoms with Gasteiger partial charge in [0.15, 0.2) is 5.82 Å². The fourth-order valence-electron chi connectivity index (χ4n) is 3.84.